The predicted octanol–water partition coefficient (Wildman–Crippen LogP) is 2.92. The van der Waals surface area contributed by atoms with Gasteiger partial charge in [0.05, 0.1) is 0 Å². The molecule has 20 heavy (non-hydrogen) atoms. The molecule has 1 aliphatic heterocycles. The Balaban J connectivity index is 1.70. The molecule has 2 heterocycles. The van der Waals surface area contributed by atoms with Crippen LogP contribution < -0.4 is 11.3 Å². The van der Waals surface area contributed by atoms with Crippen molar-refractivity contribution in [1.29, 1.82) is 0 Å². The third kappa shape index (κ3) is 2.80. The molecule has 0 radical (unpaired) electrons. The largest absolute Gasteiger partial charge is 0.296 e. The SMILES string of the molecule is NNC(CCc1cccs1)C1(N2CCCC2)CCCC1. The summed E-state index contributed by atoms with van der Waals surface area (Å²) in [5.74, 6) is 5.97. The molecule has 1 atom stereocenters. The molecule has 3 N–H and O–H groups in total. The van der Waals surface area contributed by atoms with Crippen molar-refractivity contribution in [3.05, 3.63) is 22.4 Å². The van der Waals surface area contributed by atoms with Crippen molar-refractivity contribution in [2.75, 3.05) is 13.1 Å². The topological polar surface area (TPSA) is 41.3 Å². The minimum absolute atomic E-state index is 0.336. The summed E-state index contributed by atoms with van der Waals surface area (Å²) in [5.41, 5.74) is 3.52. The van der Waals surface area contributed by atoms with Gasteiger partial charge in [0.1, 0.15) is 0 Å². The Labute approximate surface area is 126 Å². The van der Waals surface area contributed by atoms with E-state index in [9.17, 15) is 0 Å². The molecule has 0 spiro atoms. The maximum absolute atomic E-state index is 5.97. The van der Waals surface area contributed by atoms with E-state index in [0.29, 0.717) is 11.6 Å². The Bertz CT molecular complexity index is 392. The molecule has 1 saturated heterocycles. The minimum atomic E-state index is 0.336. The maximum atomic E-state index is 5.97. The van der Waals surface area contributed by atoms with Gasteiger partial charge in [-0.1, -0.05) is 18.9 Å². The number of hydrogen-bond donors (Lipinski definition) is 2. The molecule has 1 unspecified atom stereocenters. The zero-order valence-corrected chi connectivity index (χ0v) is 13.1. The number of nitrogens with zero attached hydrogens (tertiary/aromatic N) is 1. The van der Waals surface area contributed by atoms with Gasteiger partial charge in [-0.2, -0.15) is 0 Å². The van der Waals surface area contributed by atoms with E-state index in [0.717, 1.165) is 12.8 Å². The van der Waals surface area contributed by atoms with Gasteiger partial charge in [-0.25, -0.2) is 0 Å². The summed E-state index contributed by atoms with van der Waals surface area (Å²) in [6.45, 7) is 2.55. The number of nitrogens with one attached hydrogen (secondary N) is 1. The fourth-order valence-electron chi connectivity index (χ4n) is 4.28. The highest BCUT2D eigenvalue weighted by Crippen LogP contribution is 2.41. The Hall–Kier alpha value is -0.420. The standard InChI is InChI=1S/C16H27N3S/c17-18-15(8-7-14-6-5-13-20-14)16(9-1-2-10-16)19-11-3-4-12-19/h5-6,13,15,18H,1-4,7-12,17H2. The second-order valence-electron chi connectivity index (χ2n) is 6.34. The minimum Gasteiger partial charge on any atom is -0.296 e. The first kappa shape index (κ1) is 14.5. The molecule has 1 aromatic heterocycles. The summed E-state index contributed by atoms with van der Waals surface area (Å²) in [7, 11) is 0. The number of aryl methyl sites for hydroxylation is 1. The van der Waals surface area contributed by atoms with Crippen molar-refractivity contribution in [2.24, 2.45) is 5.84 Å². The van der Waals surface area contributed by atoms with E-state index < -0.39 is 0 Å². The van der Waals surface area contributed by atoms with E-state index in [1.54, 1.807) is 0 Å². The molecular weight excluding hydrogens is 266 g/mol. The van der Waals surface area contributed by atoms with E-state index in [1.807, 2.05) is 11.3 Å². The van der Waals surface area contributed by atoms with Crippen LogP contribution in [-0.4, -0.2) is 29.6 Å². The third-order valence-corrected chi connectivity index (χ3v) is 6.25. The summed E-state index contributed by atoms with van der Waals surface area (Å²) in [5, 5.41) is 2.17. The van der Waals surface area contributed by atoms with E-state index in [1.165, 1.54) is 56.5 Å². The lowest BCUT2D eigenvalue weighted by Gasteiger charge is -2.45. The maximum Gasteiger partial charge on any atom is 0.0398 e. The second kappa shape index (κ2) is 6.56. The number of nitrogens with two attached hydrogens (primary N) is 1. The van der Waals surface area contributed by atoms with Crippen LogP contribution in [0.1, 0.15) is 49.8 Å². The monoisotopic (exact) mass is 293 g/mol. The van der Waals surface area contributed by atoms with Gasteiger partial charge in [-0.15, -0.1) is 11.3 Å². The molecule has 1 aliphatic carbocycles. The number of likely N-dealkylation sites (tertiary alicyclic amines) is 1. The van der Waals surface area contributed by atoms with Gasteiger partial charge in [0.15, 0.2) is 0 Å². The number of rotatable bonds is 6. The molecule has 4 heteroatoms. The number of thiophene rings is 1. The molecule has 3 nitrogen and oxygen atoms in total. The van der Waals surface area contributed by atoms with E-state index in [2.05, 4.69) is 27.8 Å². The first-order valence-corrected chi connectivity index (χ1v) is 8.97. The molecule has 0 amide bonds. The Morgan fingerprint density at radius 3 is 2.60 bits per heavy atom. The highest BCUT2D eigenvalue weighted by atomic mass is 32.1. The molecule has 1 aromatic rings. The van der Waals surface area contributed by atoms with Crippen molar-refractivity contribution in [3.8, 4) is 0 Å². The van der Waals surface area contributed by atoms with Gasteiger partial charge in [-0.3, -0.25) is 16.2 Å². The summed E-state index contributed by atoms with van der Waals surface area (Å²) >= 11 is 1.87. The average molecular weight is 293 g/mol. The summed E-state index contributed by atoms with van der Waals surface area (Å²) in [4.78, 5) is 4.23. The molecule has 3 rings (SSSR count). The fourth-order valence-corrected chi connectivity index (χ4v) is 5.01. The number of hydrogen-bond acceptors (Lipinski definition) is 4. The van der Waals surface area contributed by atoms with E-state index >= 15 is 0 Å². The van der Waals surface area contributed by atoms with Crippen LogP contribution in [0.5, 0.6) is 0 Å². The molecule has 0 aromatic carbocycles. The van der Waals surface area contributed by atoms with E-state index in [-0.39, 0.29) is 0 Å². The van der Waals surface area contributed by atoms with Crippen LogP contribution in [-0.2, 0) is 6.42 Å². The Kier molecular flexibility index (Phi) is 4.76. The van der Waals surface area contributed by atoms with Gasteiger partial charge < -0.3 is 0 Å². The van der Waals surface area contributed by atoms with Crippen LogP contribution >= 0.6 is 11.3 Å². The zero-order valence-electron chi connectivity index (χ0n) is 12.3. The van der Waals surface area contributed by atoms with Crippen LogP contribution in [0, 0.1) is 0 Å². The van der Waals surface area contributed by atoms with Gasteiger partial charge >= 0.3 is 0 Å². The molecular formula is C16H27N3S. The van der Waals surface area contributed by atoms with Crippen LogP contribution in [0.3, 0.4) is 0 Å². The fraction of sp³-hybridized carbons (Fsp3) is 0.750. The first-order chi connectivity index (χ1) is 9.85. The van der Waals surface area contributed by atoms with Crippen molar-refractivity contribution in [1.82, 2.24) is 10.3 Å². The molecule has 1 saturated carbocycles. The van der Waals surface area contributed by atoms with Crippen molar-refractivity contribution in [3.63, 3.8) is 0 Å². The first-order valence-electron chi connectivity index (χ1n) is 8.09. The van der Waals surface area contributed by atoms with E-state index in [4.69, 9.17) is 5.84 Å². The molecule has 2 aliphatic rings. The van der Waals surface area contributed by atoms with Gasteiger partial charge in [0.25, 0.3) is 0 Å². The third-order valence-electron chi connectivity index (χ3n) is 5.31. The van der Waals surface area contributed by atoms with Crippen LogP contribution in [0.2, 0.25) is 0 Å². The number of hydrazine groups is 1. The lowest BCUT2D eigenvalue weighted by atomic mass is 9.84. The second-order valence-corrected chi connectivity index (χ2v) is 7.37. The van der Waals surface area contributed by atoms with Crippen LogP contribution in [0.15, 0.2) is 17.5 Å². The lowest BCUT2D eigenvalue weighted by molar-refractivity contribution is 0.0731. The van der Waals surface area contributed by atoms with Crippen LogP contribution in [0.4, 0.5) is 0 Å². The summed E-state index contributed by atoms with van der Waals surface area (Å²) in [6, 6.07) is 4.83. The Morgan fingerprint density at radius 1 is 1.25 bits per heavy atom. The highest BCUT2D eigenvalue weighted by molar-refractivity contribution is 7.09. The van der Waals surface area contributed by atoms with Crippen molar-refractivity contribution < 1.29 is 0 Å². The summed E-state index contributed by atoms with van der Waals surface area (Å²) in [6.07, 6.45) is 10.4. The van der Waals surface area contributed by atoms with Gasteiger partial charge in [0.2, 0.25) is 0 Å². The van der Waals surface area contributed by atoms with Crippen molar-refractivity contribution >= 4 is 11.3 Å². The molecule has 112 valence electrons. The van der Waals surface area contributed by atoms with Crippen LogP contribution in [0.25, 0.3) is 0 Å². The lowest BCUT2D eigenvalue weighted by Crippen LogP contribution is -2.60. The normalized spacial score (nSPS) is 24.2. The smallest absolute Gasteiger partial charge is 0.0398 e. The predicted molar refractivity (Wildman–Crippen MR) is 85.8 cm³/mol. The molecule has 2 fully saturated rings. The summed E-state index contributed by atoms with van der Waals surface area (Å²) < 4.78 is 0. The average Bonchev–Trinajstić information content (AvgIpc) is 3.22. The highest BCUT2D eigenvalue weighted by Gasteiger charge is 2.45. The quantitative estimate of drug-likeness (QED) is 0.626. The Morgan fingerprint density at radius 2 is 2.00 bits per heavy atom. The zero-order chi connectivity index (χ0) is 13.8. The molecule has 0 bridgehead atoms. The van der Waals surface area contributed by atoms with Gasteiger partial charge in [0, 0.05) is 16.5 Å². The van der Waals surface area contributed by atoms with Crippen molar-refractivity contribution in [2.45, 2.75) is 62.9 Å². The van der Waals surface area contributed by atoms with Gasteiger partial charge in [-0.05, 0) is 63.1 Å².